The fourth-order valence-electron chi connectivity index (χ4n) is 4.46. The number of rotatable bonds is 6. The molecule has 0 aliphatic carbocycles. The van der Waals surface area contributed by atoms with Gasteiger partial charge in [0, 0.05) is 30.6 Å². The van der Waals surface area contributed by atoms with Crippen LogP contribution in [0.4, 0.5) is 4.39 Å². The van der Waals surface area contributed by atoms with Crippen LogP contribution in [0.1, 0.15) is 18.6 Å². The molecule has 5 nitrogen and oxygen atoms in total. The summed E-state index contributed by atoms with van der Waals surface area (Å²) in [6.45, 7) is 4.04. The van der Waals surface area contributed by atoms with E-state index < -0.39 is 0 Å². The molecule has 1 aliphatic heterocycles. The summed E-state index contributed by atoms with van der Waals surface area (Å²) >= 11 is 0. The molecule has 0 radical (unpaired) electrons. The molecular weight excluding hydrogens is 393 g/mol. The second kappa shape index (κ2) is 8.65. The van der Waals surface area contributed by atoms with E-state index in [0.717, 1.165) is 61.1 Å². The predicted octanol–water partition coefficient (Wildman–Crippen LogP) is 4.14. The van der Waals surface area contributed by atoms with Crippen molar-refractivity contribution in [1.82, 2.24) is 14.8 Å². The molecule has 2 aromatic carbocycles. The van der Waals surface area contributed by atoms with Crippen molar-refractivity contribution in [2.45, 2.75) is 32.0 Å². The molecule has 1 N–H and O–H groups in total. The molecule has 31 heavy (non-hydrogen) atoms. The number of fused-ring (bicyclic) bond motifs is 2. The second-order valence-electron chi connectivity index (χ2n) is 8.27. The van der Waals surface area contributed by atoms with Crippen molar-refractivity contribution < 1.29 is 8.81 Å². The topological polar surface area (TPSA) is 50.4 Å². The van der Waals surface area contributed by atoms with Gasteiger partial charge in [0.15, 0.2) is 0 Å². The fourth-order valence-corrected chi connectivity index (χ4v) is 4.46. The van der Waals surface area contributed by atoms with E-state index in [-0.39, 0.29) is 11.4 Å². The Morgan fingerprint density at radius 1 is 0.968 bits per heavy atom. The Morgan fingerprint density at radius 2 is 1.77 bits per heavy atom. The lowest BCUT2D eigenvalue weighted by Crippen LogP contribution is -2.43. The van der Waals surface area contributed by atoms with E-state index in [0.29, 0.717) is 18.1 Å². The van der Waals surface area contributed by atoms with Gasteiger partial charge in [-0.2, -0.15) is 0 Å². The van der Waals surface area contributed by atoms with Crippen molar-refractivity contribution in [3.8, 4) is 0 Å². The summed E-state index contributed by atoms with van der Waals surface area (Å²) in [5.74, 6) is 0.648. The van der Waals surface area contributed by atoms with E-state index in [2.05, 4.69) is 22.3 Å². The lowest BCUT2D eigenvalue weighted by molar-refractivity contribution is 0.190. The number of hydrogen-bond donors (Lipinski definition) is 1. The first-order valence-corrected chi connectivity index (χ1v) is 10.9. The SMILES string of the molecule is O=c1ccc2ccc(F)cc2n1CCN1CCC(NCc2cc3ccccc3o2)CC1. The lowest BCUT2D eigenvalue weighted by atomic mass is 10.0. The number of pyridine rings is 1. The zero-order valence-corrected chi connectivity index (χ0v) is 17.4. The van der Waals surface area contributed by atoms with Gasteiger partial charge in [0.1, 0.15) is 17.2 Å². The smallest absolute Gasteiger partial charge is 0.251 e. The maximum absolute atomic E-state index is 13.7. The van der Waals surface area contributed by atoms with Crippen LogP contribution in [-0.4, -0.2) is 35.1 Å². The van der Waals surface area contributed by atoms with Gasteiger partial charge in [0.25, 0.3) is 5.56 Å². The van der Waals surface area contributed by atoms with Gasteiger partial charge in [-0.25, -0.2) is 4.39 Å². The van der Waals surface area contributed by atoms with Crippen LogP contribution < -0.4 is 10.9 Å². The first-order chi connectivity index (χ1) is 15.2. The standard InChI is InChI=1S/C25H26FN3O2/c26-20-7-5-18-6-8-25(30)29(23(18)16-20)14-13-28-11-9-21(10-12-28)27-17-22-15-19-3-1-2-4-24(19)31-22/h1-8,15-16,21,27H,9-14,17H2. The van der Waals surface area contributed by atoms with Gasteiger partial charge in [-0.3, -0.25) is 4.79 Å². The quantitative estimate of drug-likeness (QED) is 0.510. The lowest BCUT2D eigenvalue weighted by Gasteiger charge is -2.32. The Bertz CT molecular complexity index is 1220. The number of hydrogen-bond acceptors (Lipinski definition) is 4. The van der Waals surface area contributed by atoms with E-state index in [9.17, 15) is 9.18 Å². The molecule has 0 unspecified atom stereocenters. The Kier molecular flexibility index (Phi) is 5.57. The number of aromatic nitrogens is 1. The highest BCUT2D eigenvalue weighted by Gasteiger charge is 2.19. The van der Waals surface area contributed by atoms with Crippen LogP contribution >= 0.6 is 0 Å². The molecular formula is C25H26FN3O2. The second-order valence-corrected chi connectivity index (χ2v) is 8.27. The first kappa shape index (κ1) is 20.0. The van der Waals surface area contributed by atoms with Gasteiger partial charge in [0.05, 0.1) is 12.1 Å². The number of para-hydroxylation sites is 1. The predicted molar refractivity (Wildman–Crippen MR) is 121 cm³/mol. The largest absolute Gasteiger partial charge is 0.460 e. The summed E-state index contributed by atoms with van der Waals surface area (Å²) in [7, 11) is 0. The number of likely N-dealkylation sites (tertiary alicyclic amines) is 1. The van der Waals surface area contributed by atoms with Crippen molar-refractivity contribution in [2.75, 3.05) is 19.6 Å². The number of halogens is 1. The molecule has 2 aromatic heterocycles. The van der Waals surface area contributed by atoms with Crippen molar-refractivity contribution in [2.24, 2.45) is 0 Å². The summed E-state index contributed by atoms with van der Waals surface area (Å²) in [5.41, 5.74) is 1.51. The molecule has 6 heteroatoms. The van der Waals surface area contributed by atoms with Gasteiger partial charge in [-0.15, -0.1) is 0 Å². The fraction of sp³-hybridized carbons (Fsp3) is 0.320. The average Bonchev–Trinajstić information content (AvgIpc) is 3.21. The Morgan fingerprint density at radius 3 is 2.61 bits per heavy atom. The molecule has 0 bridgehead atoms. The molecule has 3 heterocycles. The summed E-state index contributed by atoms with van der Waals surface area (Å²) in [6.07, 6.45) is 2.11. The minimum Gasteiger partial charge on any atom is -0.460 e. The molecule has 1 saturated heterocycles. The van der Waals surface area contributed by atoms with Crippen molar-refractivity contribution in [1.29, 1.82) is 0 Å². The average molecular weight is 420 g/mol. The van der Waals surface area contributed by atoms with Crippen LogP contribution in [0, 0.1) is 5.82 Å². The summed E-state index contributed by atoms with van der Waals surface area (Å²) in [4.78, 5) is 14.7. The molecule has 0 spiro atoms. The van der Waals surface area contributed by atoms with E-state index in [1.54, 1.807) is 22.8 Å². The molecule has 1 fully saturated rings. The number of nitrogens with zero attached hydrogens (tertiary/aromatic N) is 2. The molecule has 1 aliphatic rings. The van der Waals surface area contributed by atoms with Crippen molar-refractivity contribution in [3.63, 3.8) is 0 Å². The van der Waals surface area contributed by atoms with Crippen LogP contribution in [0.3, 0.4) is 0 Å². The van der Waals surface area contributed by atoms with Gasteiger partial charge in [-0.05, 0) is 67.7 Å². The van der Waals surface area contributed by atoms with Crippen molar-refractivity contribution >= 4 is 21.9 Å². The third-order valence-corrected chi connectivity index (χ3v) is 6.22. The zero-order valence-electron chi connectivity index (χ0n) is 17.4. The van der Waals surface area contributed by atoms with Crippen molar-refractivity contribution in [3.05, 3.63) is 82.6 Å². The summed E-state index contributed by atoms with van der Waals surface area (Å²) < 4.78 is 21.3. The van der Waals surface area contributed by atoms with Crippen LogP contribution in [-0.2, 0) is 13.1 Å². The first-order valence-electron chi connectivity index (χ1n) is 10.9. The number of furan rings is 1. The number of piperidine rings is 1. The third kappa shape index (κ3) is 4.40. The van der Waals surface area contributed by atoms with E-state index in [1.807, 2.05) is 18.2 Å². The van der Waals surface area contributed by atoms with Gasteiger partial charge in [0.2, 0.25) is 0 Å². The number of nitrogens with one attached hydrogen (secondary N) is 1. The normalized spacial score (nSPS) is 15.8. The Hall–Kier alpha value is -2.96. The van der Waals surface area contributed by atoms with Crippen LogP contribution in [0.15, 0.2) is 69.9 Å². The van der Waals surface area contributed by atoms with E-state index in [4.69, 9.17) is 4.42 Å². The molecule has 5 rings (SSSR count). The summed E-state index contributed by atoms with van der Waals surface area (Å²) in [6, 6.07) is 18.5. The zero-order chi connectivity index (χ0) is 21.2. The maximum Gasteiger partial charge on any atom is 0.251 e. The molecule has 0 saturated carbocycles. The van der Waals surface area contributed by atoms with Crippen LogP contribution in [0.2, 0.25) is 0 Å². The van der Waals surface area contributed by atoms with Crippen LogP contribution in [0.5, 0.6) is 0 Å². The molecule has 160 valence electrons. The van der Waals surface area contributed by atoms with E-state index in [1.165, 1.54) is 12.1 Å². The van der Waals surface area contributed by atoms with Crippen LogP contribution in [0.25, 0.3) is 21.9 Å². The molecule has 4 aromatic rings. The Balaban J connectivity index is 1.14. The highest BCUT2D eigenvalue weighted by atomic mass is 19.1. The van der Waals surface area contributed by atoms with E-state index >= 15 is 0 Å². The minimum absolute atomic E-state index is 0.0829. The van der Waals surface area contributed by atoms with Gasteiger partial charge >= 0.3 is 0 Å². The highest BCUT2D eigenvalue weighted by Crippen LogP contribution is 2.19. The number of benzene rings is 2. The maximum atomic E-state index is 13.7. The Labute approximate surface area is 180 Å². The monoisotopic (exact) mass is 419 g/mol. The minimum atomic E-state index is -0.316. The van der Waals surface area contributed by atoms with Gasteiger partial charge < -0.3 is 19.2 Å². The third-order valence-electron chi connectivity index (χ3n) is 6.22. The highest BCUT2D eigenvalue weighted by molar-refractivity contribution is 5.79. The van der Waals surface area contributed by atoms with Gasteiger partial charge in [-0.1, -0.05) is 18.2 Å². The summed E-state index contributed by atoms with van der Waals surface area (Å²) in [5, 5.41) is 5.64. The molecule has 0 amide bonds. The molecule has 0 atom stereocenters.